The number of anilines is 1. The number of benzene rings is 2. The second-order valence-corrected chi connectivity index (χ2v) is 7.87. The highest BCUT2D eigenvalue weighted by atomic mass is 32.2. The Labute approximate surface area is 165 Å². The van der Waals surface area contributed by atoms with E-state index in [1.54, 1.807) is 6.07 Å². The van der Waals surface area contributed by atoms with E-state index < -0.39 is 6.17 Å². The van der Waals surface area contributed by atoms with E-state index in [1.807, 2.05) is 41.3 Å². The van der Waals surface area contributed by atoms with Crippen LogP contribution >= 0.6 is 11.8 Å². The average molecular weight is 395 g/mol. The van der Waals surface area contributed by atoms with Crippen LogP contribution in [0.2, 0.25) is 0 Å². The molecule has 142 valence electrons. The van der Waals surface area contributed by atoms with E-state index in [9.17, 15) is 4.79 Å². The van der Waals surface area contributed by atoms with Gasteiger partial charge in [-0.3, -0.25) is 4.79 Å². The van der Waals surface area contributed by atoms with Crippen LogP contribution < -0.4 is 10.3 Å². The summed E-state index contributed by atoms with van der Waals surface area (Å²) in [4.78, 5) is 16.1. The quantitative estimate of drug-likeness (QED) is 0.631. The molecule has 1 fully saturated rings. The van der Waals surface area contributed by atoms with Crippen molar-refractivity contribution in [3.8, 4) is 11.3 Å². The predicted octanol–water partition coefficient (Wildman–Crippen LogP) is 4.67. The van der Waals surface area contributed by atoms with Gasteiger partial charge in [-0.05, 0) is 6.07 Å². The zero-order valence-electron chi connectivity index (χ0n) is 15.1. The van der Waals surface area contributed by atoms with Gasteiger partial charge in [0.1, 0.15) is 5.76 Å². The standard InChI is InChI=1S/C22H18FNO3S/c23-21-16-4-1-2-7-19(16)28-22-15(5-3-6-17(21)22)18-12-14(25)13-20(27-18)24-8-10-26-11-9-24/h1-7,12-13,21H,8-11H2. The molecular weight excluding hydrogens is 377 g/mol. The molecule has 4 nitrogen and oxygen atoms in total. The molecule has 0 aliphatic carbocycles. The summed E-state index contributed by atoms with van der Waals surface area (Å²) in [7, 11) is 0. The van der Waals surface area contributed by atoms with Gasteiger partial charge in [0.25, 0.3) is 0 Å². The summed E-state index contributed by atoms with van der Waals surface area (Å²) in [6.07, 6.45) is -1.19. The molecule has 0 spiro atoms. The number of hydrogen-bond acceptors (Lipinski definition) is 5. The van der Waals surface area contributed by atoms with Crippen LogP contribution in [0.4, 0.5) is 10.3 Å². The van der Waals surface area contributed by atoms with Crippen molar-refractivity contribution >= 4 is 17.6 Å². The number of morpholine rings is 1. The molecule has 0 radical (unpaired) electrons. The molecule has 1 atom stereocenters. The Hall–Kier alpha value is -2.57. The summed E-state index contributed by atoms with van der Waals surface area (Å²) < 4.78 is 26.7. The van der Waals surface area contributed by atoms with Crippen molar-refractivity contribution in [1.29, 1.82) is 0 Å². The van der Waals surface area contributed by atoms with E-state index in [4.69, 9.17) is 9.15 Å². The molecule has 2 aliphatic heterocycles. The second-order valence-electron chi connectivity index (χ2n) is 6.82. The SMILES string of the molecule is O=c1cc(-c2cccc3c2Sc2ccccc2C3F)oc(N2CCOCC2)c1. The van der Waals surface area contributed by atoms with Crippen molar-refractivity contribution in [2.24, 2.45) is 0 Å². The summed E-state index contributed by atoms with van der Waals surface area (Å²) >= 11 is 1.52. The van der Waals surface area contributed by atoms with Crippen LogP contribution in [0.5, 0.6) is 0 Å². The van der Waals surface area contributed by atoms with Crippen molar-refractivity contribution in [2.45, 2.75) is 16.0 Å². The smallest absolute Gasteiger partial charge is 0.200 e. The van der Waals surface area contributed by atoms with Gasteiger partial charge in [0.2, 0.25) is 0 Å². The molecule has 3 heterocycles. The third-order valence-corrected chi connectivity index (χ3v) is 6.32. The minimum atomic E-state index is -1.19. The average Bonchev–Trinajstić information content (AvgIpc) is 2.74. The van der Waals surface area contributed by atoms with Gasteiger partial charge in [0.15, 0.2) is 17.5 Å². The van der Waals surface area contributed by atoms with E-state index in [0.717, 1.165) is 15.4 Å². The molecule has 0 amide bonds. The summed E-state index contributed by atoms with van der Waals surface area (Å²) in [6.45, 7) is 2.55. The number of alkyl halides is 1. The van der Waals surface area contributed by atoms with E-state index in [0.29, 0.717) is 49.1 Å². The monoisotopic (exact) mass is 395 g/mol. The summed E-state index contributed by atoms with van der Waals surface area (Å²) in [6, 6.07) is 16.0. The molecule has 2 aliphatic rings. The molecule has 0 N–H and O–H groups in total. The molecule has 1 saturated heterocycles. The topological polar surface area (TPSA) is 42.7 Å². The van der Waals surface area contributed by atoms with Crippen LogP contribution in [0.25, 0.3) is 11.3 Å². The lowest BCUT2D eigenvalue weighted by atomic mass is 9.99. The van der Waals surface area contributed by atoms with Crippen LogP contribution in [0.3, 0.4) is 0 Å². The summed E-state index contributed by atoms with van der Waals surface area (Å²) in [5.41, 5.74) is 1.91. The molecular formula is C22H18FNO3S. The first-order chi connectivity index (χ1) is 13.7. The first-order valence-electron chi connectivity index (χ1n) is 9.23. The van der Waals surface area contributed by atoms with Crippen LogP contribution in [-0.4, -0.2) is 26.3 Å². The number of nitrogens with zero attached hydrogens (tertiary/aromatic N) is 1. The minimum absolute atomic E-state index is 0.127. The van der Waals surface area contributed by atoms with E-state index in [1.165, 1.54) is 23.9 Å². The highest BCUT2D eigenvalue weighted by molar-refractivity contribution is 7.99. The molecule has 1 unspecified atom stereocenters. The van der Waals surface area contributed by atoms with Crippen LogP contribution in [0.1, 0.15) is 17.3 Å². The zero-order chi connectivity index (χ0) is 19.1. The molecule has 5 rings (SSSR count). The Morgan fingerprint density at radius 2 is 1.79 bits per heavy atom. The van der Waals surface area contributed by atoms with Gasteiger partial charge >= 0.3 is 0 Å². The Bertz CT molecular complexity index is 1090. The second kappa shape index (κ2) is 7.11. The maximum atomic E-state index is 15.2. The molecule has 0 saturated carbocycles. The number of rotatable bonds is 2. The summed E-state index contributed by atoms with van der Waals surface area (Å²) in [5, 5.41) is 0. The van der Waals surface area contributed by atoms with Gasteiger partial charge in [-0.1, -0.05) is 48.2 Å². The molecule has 0 bridgehead atoms. The highest BCUT2D eigenvalue weighted by Gasteiger charge is 2.28. The predicted molar refractivity (Wildman–Crippen MR) is 107 cm³/mol. The van der Waals surface area contributed by atoms with Crippen LogP contribution in [0, 0.1) is 0 Å². The van der Waals surface area contributed by atoms with Gasteiger partial charge in [0.05, 0.1) is 13.2 Å². The van der Waals surface area contributed by atoms with Crippen molar-refractivity contribution in [2.75, 3.05) is 31.2 Å². The van der Waals surface area contributed by atoms with Crippen molar-refractivity contribution in [3.05, 3.63) is 75.9 Å². The number of hydrogen-bond donors (Lipinski definition) is 0. The van der Waals surface area contributed by atoms with Gasteiger partial charge < -0.3 is 14.1 Å². The van der Waals surface area contributed by atoms with Gasteiger partial charge in [0, 0.05) is 51.7 Å². The minimum Gasteiger partial charge on any atom is -0.440 e. The van der Waals surface area contributed by atoms with E-state index in [-0.39, 0.29) is 5.43 Å². The van der Waals surface area contributed by atoms with Gasteiger partial charge in [-0.15, -0.1) is 0 Å². The van der Waals surface area contributed by atoms with Crippen LogP contribution in [-0.2, 0) is 4.74 Å². The fourth-order valence-electron chi connectivity index (χ4n) is 3.66. The van der Waals surface area contributed by atoms with Gasteiger partial charge in [-0.25, -0.2) is 4.39 Å². The first kappa shape index (κ1) is 17.5. The third-order valence-electron chi connectivity index (χ3n) is 5.06. The lowest BCUT2D eigenvalue weighted by Gasteiger charge is -2.28. The first-order valence-corrected chi connectivity index (χ1v) is 10.0. The Morgan fingerprint density at radius 3 is 2.64 bits per heavy atom. The van der Waals surface area contributed by atoms with Crippen LogP contribution in [0.15, 0.2) is 73.6 Å². The van der Waals surface area contributed by atoms with E-state index >= 15 is 4.39 Å². The molecule has 1 aromatic heterocycles. The molecule has 6 heteroatoms. The summed E-state index contributed by atoms with van der Waals surface area (Å²) in [5.74, 6) is 0.992. The Kier molecular flexibility index (Phi) is 4.45. The fraction of sp³-hybridized carbons (Fsp3) is 0.227. The number of fused-ring (bicyclic) bond motifs is 2. The lowest BCUT2D eigenvalue weighted by molar-refractivity contribution is 0.120. The van der Waals surface area contributed by atoms with E-state index in [2.05, 4.69) is 0 Å². The molecule has 2 aromatic carbocycles. The maximum absolute atomic E-state index is 15.2. The largest absolute Gasteiger partial charge is 0.440 e. The maximum Gasteiger partial charge on any atom is 0.200 e. The Balaban J connectivity index is 1.61. The number of halogens is 1. The number of ether oxygens (including phenoxy) is 1. The zero-order valence-corrected chi connectivity index (χ0v) is 15.9. The molecule has 28 heavy (non-hydrogen) atoms. The Morgan fingerprint density at radius 1 is 1.00 bits per heavy atom. The van der Waals surface area contributed by atoms with Gasteiger partial charge in [-0.2, -0.15) is 0 Å². The normalized spacial score (nSPS) is 18.5. The van der Waals surface area contributed by atoms with Crippen molar-refractivity contribution < 1.29 is 13.5 Å². The van der Waals surface area contributed by atoms with Crippen molar-refractivity contribution in [1.82, 2.24) is 0 Å². The fourth-order valence-corrected chi connectivity index (χ4v) is 4.88. The lowest BCUT2D eigenvalue weighted by Crippen LogP contribution is -2.36. The molecule has 3 aromatic rings. The van der Waals surface area contributed by atoms with Crippen molar-refractivity contribution in [3.63, 3.8) is 0 Å². The third kappa shape index (κ3) is 3.02. The highest BCUT2D eigenvalue weighted by Crippen LogP contribution is 2.49.